The number of fused-ring (bicyclic) bond motifs is 2. The van der Waals surface area contributed by atoms with Crippen LogP contribution in [0.1, 0.15) is 227 Å². The van der Waals surface area contributed by atoms with Crippen LogP contribution in [0.15, 0.2) is 170 Å². The molecule has 434 valence electrons. The van der Waals surface area contributed by atoms with E-state index in [2.05, 4.69) is 198 Å². The summed E-state index contributed by atoms with van der Waals surface area (Å²) in [5.41, 5.74) is 9.90. The molecule has 82 heavy (non-hydrogen) atoms. The van der Waals surface area contributed by atoms with E-state index in [-0.39, 0.29) is 11.8 Å². The average molecular weight is 1100 g/mol. The Kier molecular flexibility index (Phi) is 26.1. The normalized spacial score (nSPS) is 11.5. The van der Waals surface area contributed by atoms with Crippen LogP contribution < -0.4 is 18.9 Å². The van der Waals surface area contributed by atoms with E-state index in [4.69, 9.17) is 18.9 Å². The Bertz CT molecular complexity index is 2700. The molecule has 0 bridgehead atoms. The minimum absolute atomic E-state index is 0.115. The molecule has 0 saturated carbocycles. The van der Waals surface area contributed by atoms with E-state index in [1.807, 2.05) is 0 Å². The lowest BCUT2D eigenvalue weighted by atomic mass is 9.75. The van der Waals surface area contributed by atoms with E-state index in [0.29, 0.717) is 0 Å². The minimum atomic E-state index is -0.115. The van der Waals surface area contributed by atoms with Crippen molar-refractivity contribution in [2.24, 2.45) is 0 Å². The van der Waals surface area contributed by atoms with Gasteiger partial charge in [-0.1, -0.05) is 277 Å². The van der Waals surface area contributed by atoms with Gasteiger partial charge in [-0.25, -0.2) is 0 Å². The molecule has 0 fully saturated rings. The van der Waals surface area contributed by atoms with Crippen molar-refractivity contribution < 1.29 is 18.9 Å². The molecular formula is C78H98O4. The quantitative estimate of drug-likeness (QED) is 0.0284. The summed E-state index contributed by atoms with van der Waals surface area (Å²) in [4.78, 5) is 0. The molecule has 0 aliphatic carbocycles. The molecule has 0 radical (unpaired) electrons. The Hall–Kier alpha value is -6.52. The molecule has 0 unspecified atom stereocenters. The maximum absolute atomic E-state index is 6.44. The fourth-order valence-corrected chi connectivity index (χ4v) is 12.0. The number of ether oxygens (including phenoxy) is 4. The largest absolute Gasteiger partial charge is 0.494 e. The van der Waals surface area contributed by atoms with E-state index in [1.54, 1.807) is 0 Å². The molecule has 4 heteroatoms. The van der Waals surface area contributed by atoms with Gasteiger partial charge in [0.2, 0.25) is 0 Å². The summed E-state index contributed by atoms with van der Waals surface area (Å²) < 4.78 is 25.7. The van der Waals surface area contributed by atoms with Gasteiger partial charge in [0, 0.05) is 11.8 Å². The van der Waals surface area contributed by atoms with Gasteiger partial charge in [-0.05, 0) is 140 Å². The molecule has 4 nitrogen and oxygen atoms in total. The summed E-state index contributed by atoms with van der Waals surface area (Å²) >= 11 is 0. The Morgan fingerprint density at radius 3 is 0.756 bits per heavy atom. The fraction of sp³-hybridized carbons (Fsp3) is 0.436. The molecule has 0 aromatic heterocycles. The van der Waals surface area contributed by atoms with E-state index in [0.717, 1.165) is 75.1 Å². The smallest absolute Gasteiger partial charge is 0.119 e. The molecule has 0 aliphatic heterocycles. The van der Waals surface area contributed by atoms with Gasteiger partial charge in [0.1, 0.15) is 23.0 Å². The molecule has 0 amide bonds. The molecule has 8 rings (SSSR count). The van der Waals surface area contributed by atoms with E-state index >= 15 is 0 Å². The summed E-state index contributed by atoms with van der Waals surface area (Å²) in [6.45, 7) is 12.0. The molecule has 8 aromatic rings. The third-order valence-corrected chi connectivity index (χ3v) is 16.7. The lowest BCUT2D eigenvalue weighted by molar-refractivity contribution is 0.304. The van der Waals surface area contributed by atoms with E-state index in [9.17, 15) is 0 Å². The van der Waals surface area contributed by atoms with Gasteiger partial charge in [0.05, 0.1) is 26.4 Å². The lowest BCUT2D eigenvalue weighted by Gasteiger charge is -2.28. The summed E-state index contributed by atoms with van der Waals surface area (Å²) in [6.07, 6.45) is 29.7. The highest BCUT2D eigenvalue weighted by Crippen LogP contribution is 2.49. The monoisotopic (exact) mass is 1100 g/mol. The van der Waals surface area contributed by atoms with Crippen molar-refractivity contribution in [1.82, 2.24) is 0 Å². The first kappa shape index (κ1) is 61.5. The molecule has 0 saturated heterocycles. The van der Waals surface area contributed by atoms with Crippen molar-refractivity contribution >= 4 is 21.5 Å². The van der Waals surface area contributed by atoms with Crippen molar-refractivity contribution in [1.29, 1.82) is 0 Å². The fourth-order valence-electron chi connectivity index (χ4n) is 12.0. The summed E-state index contributed by atoms with van der Waals surface area (Å²) in [5.74, 6) is 3.46. The minimum Gasteiger partial charge on any atom is -0.494 e. The van der Waals surface area contributed by atoms with Crippen LogP contribution in [0.5, 0.6) is 23.0 Å². The second-order valence-corrected chi connectivity index (χ2v) is 23.1. The summed E-state index contributed by atoms with van der Waals surface area (Å²) in [6, 6.07) is 63.6. The number of unbranched alkanes of at least 4 members (excludes halogenated alkanes) is 20. The Balaban J connectivity index is 1.23. The van der Waals surface area contributed by atoms with E-state index < -0.39 is 0 Å². The second-order valence-electron chi connectivity index (χ2n) is 23.1. The third-order valence-electron chi connectivity index (χ3n) is 16.7. The van der Waals surface area contributed by atoms with Crippen LogP contribution in [0.25, 0.3) is 32.7 Å². The highest BCUT2D eigenvalue weighted by Gasteiger charge is 2.29. The van der Waals surface area contributed by atoms with Crippen molar-refractivity contribution in [3.63, 3.8) is 0 Å². The van der Waals surface area contributed by atoms with Crippen LogP contribution in [-0.4, -0.2) is 26.4 Å². The predicted octanol–water partition coefficient (Wildman–Crippen LogP) is 23.0. The maximum Gasteiger partial charge on any atom is 0.119 e. The van der Waals surface area contributed by atoms with Crippen LogP contribution in [-0.2, 0) is 0 Å². The zero-order valence-electron chi connectivity index (χ0n) is 50.8. The molecule has 0 atom stereocenters. The zero-order chi connectivity index (χ0) is 56.8. The number of benzene rings is 8. The number of hydrogen-bond acceptors (Lipinski definition) is 4. The van der Waals surface area contributed by atoms with Crippen molar-refractivity contribution in [3.05, 3.63) is 203 Å². The molecule has 0 heterocycles. The Morgan fingerprint density at radius 1 is 0.244 bits per heavy atom. The summed E-state index contributed by atoms with van der Waals surface area (Å²) in [5, 5.41) is 4.89. The predicted molar refractivity (Wildman–Crippen MR) is 350 cm³/mol. The Morgan fingerprint density at radius 2 is 0.488 bits per heavy atom. The first-order valence-corrected chi connectivity index (χ1v) is 32.5. The van der Waals surface area contributed by atoms with E-state index in [1.165, 1.54) is 194 Å². The van der Waals surface area contributed by atoms with Gasteiger partial charge in [0.15, 0.2) is 0 Å². The Labute approximate surface area is 495 Å². The highest BCUT2D eigenvalue weighted by molar-refractivity contribution is 6.08. The van der Waals surface area contributed by atoms with Gasteiger partial charge in [-0.2, -0.15) is 0 Å². The topological polar surface area (TPSA) is 36.9 Å². The van der Waals surface area contributed by atoms with Crippen molar-refractivity contribution in [2.45, 2.75) is 194 Å². The average Bonchev–Trinajstić information content (AvgIpc) is 2.75. The van der Waals surface area contributed by atoms with Crippen LogP contribution in [0.4, 0.5) is 0 Å². The highest BCUT2D eigenvalue weighted by atomic mass is 16.5. The first-order valence-electron chi connectivity index (χ1n) is 32.5. The number of hydrogen-bond donors (Lipinski definition) is 0. The van der Waals surface area contributed by atoms with Gasteiger partial charge in [-0.15, -0.1) is 0 Å². The third kappa shape index (κ3) is 18.2. The SMILES string of the molecule is CCCCCCCCOc1ccc(C(c2ccc(OCCCCCCCC)cc2)c2ccc3ccccc3c2-c2c(C(c3ccc(OCCCCCCCC)cc3)c3ccc(OCCCCCCCC)cc3)ccc3ccccc23)cc1. The zero-order valence-corrected chi connectivity index (χ0v) is 50.8. The van der Waals surface area contributed by atoms with Gasteiger partial charge in [0.25, 0.3) is 0 Å². The lowest BCUT2D eigenvalue weighted by Crippen LogP contribution is -2.10. The molecule has 0 spiro atoms. The molecular weight excluding hydrogens is 1000 g/mol. The van der Waals surface area contributed by atoms with Gasteiger partial charge in [-0.3, -0.25) is 0 Å². The van der Waals surface area contributed by atoms with Gasteiger partial charge >= 0.3 is 0 Å². The van der Waals surface area contributed by atoms with Crippen LogP contribution in [0.2, 0.25) is 0 Å². The molecule has 8 aromatic carbocycles. The molecule has 0 N–H and O–H groups in total. The van der Waals surface area contributed by atoms with Crippen LogP contribution in [0.3, 0.4) is 0 Å². The van der Waals surface area contributed by atoms with Crippen molar-refractivity contribution in [2.75, 3.05) is 26.4 Å². The molecule has 0 aliphatic rings. The van der Waals surface area contributed by atoms with Crippen LogP contribution in [0, 0.1) is 0 Å². The first-order chi connectivity index (χ1) is 40.6. The standard InChI is InChI=1S/C78H98O4/c1-5-9-13-17-21-29-57-79-67-47-37-63(38-48-67)75(64-39-49-68(50-40-64)80-58-30-22-18-14-10-6-2)73-55-45-61-33-25-27-35-71(61)77(73)78-72-36-28-26-34-62(72)46-56-74(78)76(65-41-51-69(52-42-65)81-59-31-23-19-15-11-7-3)66-43-53-70(54-44-66)82-60-32-24-20-16-12-8-4/h25-28,33-56,75-76H,5-24,29-32,57-60H2,1-4H3. The van der Waals surface area contributed by atoms with Crippen molar-refractivity contribution in [3.8, 4) is 34.1 Å². The van der Waals surface area contributed by atoms with Crippen LogP contribution >= 0.6 is 0 Å². The second kappa shape index (κ2) is 34.8. The van der Waals surface area contributed by atoms with Gasteiger partial charge < -0.3 is 18.9 Å². The number of rotatable bonds is 39. The maximum atomic E-state index is 6.44. The summed E-state index contributed by atoms with van der Waals surface area (Å²) in [7, 11) is 0.